The number of carboxylic acids is 2. The molecule has 3 rings (SSSR count). The molecule has 0 bridgehead atoms. The number of fused-ring (bicyclic) bond motifs is 1. The summed E-state index contributed by atoms with van der Waals surface area (Å²) in [7, 11) is 0. The van der Waals surface area contributed by atoms with E-state index in [1.165, 1.54) is 11.1 Å². The van der Waals surface area contributed by atoms with Crippen molar-refractivity contribution in [1.29, 1.82) is 0 Å². The van der Waals surface area contributed by atoms with Gasteiger partial charge in [0.1, 0.15) is 0 Å². The van der Waals surface area contributed by atoms with E-state index in [-0.39, 0.29) is 24.9 Å². The third-order valence-electron chi connectivity index (χ3n) is 4.57. The maximum atomic E-state index is 10.5. The Balaban J connectivity index is 0.000000207. The SMILES string of the molecule is N[C@H](CC=Cc1ccccc1)CC(=O)O.O=C(O)C[C@@H]1Cc2ccccc2CN1. The molecule has 1 aliphatic rings. The zero-order valence-corrected chi connectivity index (χ0v) is 16.3. The summed E-state index contributed by atoms with van der Waals surface area (Å²) in [4.78, 5) is 20.9. The maximum Gasteiger partial charge on any atom is 0.304 e. The Bertz CT molecular complexity index is 821. The minimum absolute atomic E-state index is 0.0130. The van der Waals surface area contributed by atoms with Crippen molar-refractivity contribution in [1.82, 2.24) is 5.32 Å². The van der Waals surface area contributed by atoms with Gasteiger partial charge in [-0.1, -0.05) is 66.7 Å². The number of nitrogens with two attached hydrogens (primary N) is 1. The van der Waals surface area contributed by atoms with Gasteiger partial charge in [0.2, 0.25) is 0 Å². The van der Waals surface area contributed by atoms with Gasteiger partial charge in [-0.25, -0.2) is 0 Å². The van der Waals surface area contributed by atoms with E-state index in [1.807, 2.05) is 54.6 Å². The van der Waals surface area contributed by atoms with Crippen LogP contribution in [-0.4, -0.2) is 34.2 Å². The molecule has 0 aromatic heterocycles. The van der Waals surface area contributed by atoms with Crippen LogP contribution in [0.4, 0.5) is 0 Å². The third-order valence-corrected chi connectivity index (χ3v) is 4.57. The van der Waals surface area contributed by atoms with Crippen molar-refractivity contribution in [2.45, 2.75) is 44.3 Å². The van der Waals surface area contributed by atoms with E-state index in [4.69, 9.17) is 15.9 Å². The summed E-state index contributed by atoms with van der Waals surface area (Å²) in [6.07, 6.45) is 5.47. The molecular formula is C23H28N2O4. The van der Waals surface area contributed by atoms with Gasteiger partial charge in [-0.15, -0.1) is 0 Å². The zero-order valence-electron chi connectivity index (χ0n) is 16.3. The fourth-order valence-corrected chi connectivity index (χ4v) is 3.13. The molecule has 0 spiro atoms. The van der Waals surface area contributed by atoms with E-state index in [0.717, 1.165) is 18.5 Å². The molecule has 6 heteroatoms. The van der Waals surface area contributed by atoms with E-state index in [2.05, 4.69) is 17.4 Å². The van der Waals surface area contributed by atoms with Crippen molar-refractivity contribution in [2.24, 2.45) is 5.73 Å². The van der Waals surface area contributed by atoms with Gasteiger partial charge < -0.3 is 21.3 Å². The zero-order chi connectivity index (χ0) is 21.1. The monoisotopic (exact) mass is 396 g/mol. The predicted octanol–water partition coefficient (Wildman–Crippen LogP) is 3.07. The second kappa shape index (κ2) is 11.8. The topological polar surface area (TPSA) is 113 Å². The molecule has 0 unspecified atom stereocenters. The van der Waals surface area contributed by atoms with Gasteiger partial charge in [0.05, 0.1) is 12.8 Å². The van der Waals surface area contributed by atoms with Gasteiger partial charge in [0.25, 0.3) is 0 Å². The second-order valence-corrected chi connectivity index (χ2v) is 7.06. The van der Waals surface area contributed by atoms with Gasteiger partial charge >= 0.3 is 11.9 Å². The second-order valence-electron chi connectivity index (χ2n) is 7.06. The lowest BCUT2D eigenvalue weighted by Crippen LogP contribution is -2.37. The van der Waals surface area contributed by atoms with Crippen LogP contribution in [0.3, 0.4) is 0 Å². The van der Waals surface area contributed by atoms with Crippen LogP contribution in [0.15, 0.2) is 60.7 Å². The molecule has 0 saturated carbocycles. The summed E-state index contributed by atoms with van der Waals surface area (Å²) < 4.78 is 0. The van der Waals surface area contributed by atoms with E-state index in [9.17, 15) is 9.59 Å². The smallest absolute Gasteiger partial charge is 0.304 e. The standard InChI is InChI=1S/C12H15NO2.C11H13NO2/c13-11(9-12(14)15)8-4-7-10-5-2-1-3-6-10;13-11(14)6-10-5-8-3-1-2-4-9(8)7-12-10/h1-7,11H,8-9,13H2,(H,14,15);1-4,10,12H,5-7H2,(H,13,14)/t11-;10-/m10/s1. The largest absolute Gasteiger partial charge is 0.481 e. The van der Waals surface area contributed by atoms with Gasteiger partial charge in [-0.2, -0.15) is 0 Å². The summed E-state index contributed by atoms with van der Waals surface area (Å²) in [5, 5.41) is 20.4. The highest BCUT2D eigenvalue weighted by molar-refractivity contribution is 5.68. The van der Waals surface area contributed by atoms with Crippen molar-refractivity contribution in [2.75, 3.05) is 0 Å². The summed E-state index contributed by atoms with van der Waals surface area (Å²) in [5.74, 6) is -1.59. The molecule has 154 valence electrons. The van der Waals surface area contributed by atoms with Gasteiger partial charge in [0.15, 0.2) is 0 Å². The van der Waals surface area contributed by atoms with Crippen molar-refractivity contribution in [3.63, 3.8) is 0 Å². The summed E-state index contributed by atoms with van der Waals surface area (Å²) in [5.41, 5.74) is 9.27. The number of benzene rings is 2. The van der Waals surface area contributed by atoms with Gasteiger partial charge in [0, 0.05) is 18.6 Å². The molecule has 0 amide bonds. The van der Waals surface area contributed by atoms with Crippen molar-refractivity contribution < 1.29 is 19.8 Å². The first-order chi connectivity index (χ1) is 13.9. The quantitative estimate of drug-likeness (QED) is 0.572. The van der Waals surface area contributed by atoms with Gasteiger partial charge in [-0.05, 0) is 29.5 Å². The third kappa shape index (κ3) is 8.72. The van der Waals surface area contributed by atoms with Crippen molar-refractivity contribution >= 4 is 18.0 Å². The number of hydrogen-bond acceptors (Lipinski definition) is 4. The Morgan fingerprint density at radius 3 is 2.34 bits per heavy atom. The fraction of sp³-hybridized carbons (Fsp3) is 0.304. The first-order valence-corrected chi connectivity index (χ1v) is 9.65. The van der Waals surface area contributed by atoms with Crippen LogP contribution in [0.1, 0.15) is 36.0 Å². The highest BCUT2D eigenvalue weighted by Gasteiger charge is 2.19. The summed E-state index contributed by atoms with van der Waals surface area (Å²) in [6, 6.07) is 17.8. The lowest BCUT2D eigenvalue weighted by atomic mass is 9.94. The first-order valence-electron chi connectivity index (χ1n) is 9.65. The first kappa shape index (κ1) is 22.3. The Hall–Kier alpha value is -2.96. The highest BCUT2D eigenvalue weighted by atomic mass is 16.4. The lowest BCUT2D eigenvalue weighted by molar-refractivity contribution is -0.138. The van der Waals surface area contributed by atoms with Crippen LogP contribution < -0.4 is 11.1 Å². The minimum Gasteiger partial charge on any atom is -0.481 e. The number of hydrogen-bond donors (Lipinski definition) is 4. The van der Waals surface area contributed by atoms with E-state index >= 15 is 0 Å². The van der Waals surface area contributed by atoms with Crippen molar-refractivity contribution in [3.8, 4) is 0 Å². The molecule has 6 nitrogen and oxygen atoms in total. The van der Waals surface area contributed by atoms with Crippen LogP contribution in [0.5, 0.6) is 0 Å². The Kier molecular flexibility index (Phi) is 9.08. The average Bonchev–Trinajstić information content (AvgIpc) is 2.68. The van der Waals surface area contributed by atoms with Crippen LogP contribution in [0.2, 0.25) is 0 Å². The van der Waals surface area contributed by atoms with E-state index in [0.29, 0.717) is 6.42 Å². The molecule has 29 heavy (non-hydrogen) atoms. The predicted molar refractivity (Wildman–Crippen MR) is 113 cm³/mol. The molecule has 1 heterocycles. The number of nitrogens with one attached hydrogen (secondary N) is 1. The maximum absolute atomic E-state index is 10.5. The number of carbonyl (C=O) groups is 2. The Labute approximate surface area is 171 Å². The van der Waals surface area contributed by atoms with Crippen LogP contribution in [0, 0.1) is 0 Å². The highest BCUT2D eigenvalue weighted by Crippen LogP contribution is 2.17. The molecular weight excluding hydrogens is 368 g/mol. The number of aliphatic carboxylic acids is 2. The molecule has 0 fully saturated rings. The molecule has 0 saturated heterocycles. The molecule has 0 radical (unpaired) electrons. The van der Waals surface area contributed by atoms with Crippen LogP contribution in [0.25, 0.3) is 6.08 Å². The Morgan fingerprint density at radius 1 is 1.03 bits per heavy atom. The molecule has 5 N–H and O–H groups in total. The normalized spacial score (nSPS) is 16.4. The van der Waals surface area contributed by atoms with Crippen molar-refractivity contribution in [3.05, 3.63) is 77.4 Å². The number of carboxylic acid groups (broad SMARTS) is 2. The molecule has 0 aliphatic carbocycles. The lowest BCUT2D eigenvalue weighted by Gasteiger charge is -2.24. The Morgan fingerprint density at radius 2 is 1.69 bits per heavy atom. The molecule has 2 aromatic carbocycles. The van der Waals surface area contributed by atoms with Gasteiger partial charge in [-0.3, -0.25) is 9.59 Å². The molecule has 2 atom stereocenters. The number of rotatable bonds is 7. The average molecular weight is 396 g/mol. The summed E-state index contributed by atoms with van der Waals surface area (Å²) >= 11 is 0. The van der Waals surface area contributed by atoms with E-state index < -0.39 is 11.9 Å². The molecule has 2 aromatic rings. The molecule has 1 aliphatic heterocycles. The van der Waals surface area contributed by atoms with Crippen LogP contribution in [-0.2, 0) is 22.6 Å². The summed E-state index contributed by atoms with van der Waals surface area (Å²) in [6.45, 7) is 0.786. The minimum atomic E-state index is -0.851. The fourth-order valence-electron chi connectivity index (χ4n) is 3.13. The van der Waals surface area contributed by atoms with Crippen LogP contribution >= 0.6 is 0 Å². The van der Waals surface area contributed by atoms with E-state index in [1.54, 1.807) is 0 Å².